The first-order chi connectivity index (χ1) is 10.8. The molecule has 0 aliphatic carbocycles. The minimum Gasteiger partial charge on any atom is -0.394 e. The van der Waals surface area contributed by atoms with E-state index in [-0.39, 0.29) is 18.1 Å². The molecule has 0 spiro atoms. The Labute approximate surface area is 129 Å². The smallest absolute Gasteiger partial charge is 0.394 e. The molecule has 7 nitrogen and oxygen atoms in total. The van der Waals surface area contributed by atoms with Crippen LogP contribution < -0.4 is 5.32 Å². The largest absolute Gasteiger partial charge is 0.416 e. The van der Waals surface area contributed by atoms with Crippen molar-refractivity contribution in [3.8, 4) is 5.69 Å². The predicted octanol–water partition coefficient (Wildman–Crippen LogP) is 1.18. The number of carbonyl (C=O) groups excluding carboxylic acids is 1. The molecule has 0 bridgehead atoms. The Morgan fingerprint density at radius 1 is 1.35 bits per heavy atom. The molecule has 1 amide bonds. The average molecular weight is 329 g/mol. The van der Waals surface area contributed by atoms with Gasteiger partial charge in [-0.3, -0.25) is 4.79 Å². The van der Waals surface area contributed by atoms with E-state index in [1.165, 1.54) is 12.1 Å². The van der Waals surface area contributed by atoms with E-state index in [4.69, 9.17) is 5.11 Å². The number of rotatable bonds is 5. The number of nitrogens with zero attached hydrogens (tertiary/aromatic N) is 4. The van der Waals surface area contributed by atoms with E-state index >= 15 is 0 Å². The zero-order valence-electron chi connectivity index (χ0n) is 12.1. The Bertz CT molecular complexity index is 665. The van der Waals surface area contributed by atoms with Crippen LogP contribution in [0, 0.1) is 0 Å². The topological polar surface area (TPSA) is 92.9 Å². The molecular formula is C13H14F3N5O2. The number of hydrogen-bond donors (Lipinski definition) is 2. The van der Waals surface area contributed by atoms with Crippen LogP contribution >= 0.6 is 0 Å². The van der Waals surface area contributed by atoms with Gasteiger partial charge in [0.2, 0.25) is 0 Å². The van der Waals surface area contributed by atoms with Gasteiger partial charge < -0.3 is 10.4 Å². The first-order valence-corrected chi connectivity index (χ1v) is 6.74. The third-order valence-electron chi connectivity index (χ3n) is 3.09. The quantitative estimate of drug-likeness (QED) is 0.859. The summed E-state index contributed by atoms with van der Waals surface area (Å²) in [5, 5.41) is 22.5. The van der Waals surface area contributed by atoms with Crippen LogP contribution in [0.2, 0.25) is 0 Å². The van der Waals surface area contributed by atoms with Crippen molar-refractivity contribution in [2.75, 3.05) is 6.61 Å². The number of nitrogens with one attached hydrogen (secondary N) is 1. The number of amides is 1. The monoisotopic (exact) mass is 329 g/mol. The number of halogens is 3. The fourth-order valence-electron chi connectivity index (χ4n) is 1.73. The predicted molar refractivity (Wildman–Crippen MR) is 72.8 cm³/mol. The molecule has 10 heteroatoms. The van der Waals surface area contributed by atoms with Crippen molar-refractivity contribution in [1.82, 2.24) is 25.5 Å². The molecule has 0 saturated heterocycles. The van der Waals surface area contributed by atoms with Gasteiger partial charge in [0.15, 0.2) is 0 Å². The molecule has 1 aromatic carbocycles. The SMILES string of the molecule is CC[C@@H](CO)NC(=O)c1nnn(-c2ccc(C(F)(F)F)cc2)n1. The van der Waals surface area contributed by atoms with Crippen molar-refractivity contribution in [2.24, 2.45) is 0 Å². The summed E-state index contributed by atoms with van der Waals surface area (Å²) < 4.78 is 37.5. The summed E-state index contributed by atoms with van der Waals surface area (Å²) in [5.74, 6) is -0.860. The molecule has 0 radical (unpaired) electrons. The molecule has 1 atom stereocenters. The molecule has 2 N–H and O–H groups in total. The normalized spacial score (nSPS) is 12.9. The third-order valence-corrected chi connectivity index (χ3v) is 3.09. The molecule has 2 aromatic rings. The van der Waals surface area contributed by atoms with E-state index < -0.39 is 23.7 Å². The number of hydrogen-bond acceptors (Lipinski definition) is 5. The van der Waals surface area contributed by atoms with E-state index in [1.54, 1.807) is 6.92 Å². The second-order valence-electron chi connectivity index (χ2n) is 4.71. The van der Waals surface area contributed by atoms with Crippen molar-refractivity contribution < 1.29 is 23.1 Å². The zero-order chi connectivity index (χ0) is 17.0. The summed E-state index contributed by atoms with van der Waals surface area (Å²) in [6.45, 7) is 1.56. The van der Waals surface area contributed by atoms with Gasteiger partial charge >= 0.3 is 6.18 Å². The van der Waals surface area contributed by atoms with E-state index in [0.29, 0.717) is 6.42 Å². The molecule has 23 heavy (non-hydrogen) atoms. The fraction of sp³-hybridized carbons (Fsp3) is 0.385. The maximum Gasteiger partial charge on any atom is 0.416 e. The Hall–Kier alpha value is -2.49. The lowest BCUT2D eigenvalue weighted by atomic mass is 10.2. The van der Waals surface area contributed by atoms with Gasteiger partial charge in [0.05, 0.1) is 23.9 Å². The molecular weight excluding hydrogens is 315 g/mol. The van der Waals surface area contributed by atoms with Crippen molar-refractivity contribution in [3.63, 3.8) is 0 Å². The Kier molecular flexibility index (Phi) is 4.94. The number of benzene rings is 1. The van der Waals surface area contributed by atoms with Crippen LogP contribution in [0.1, 0.15) is 29.5 Å². The lowest BCUT2D eigenvalue weighted by molar-refractivity contribution is -0.137. The molecule has 124 valence electrons. The number of aliphatic hydroxyl groups is 1. The highest BCUT2D eigenvalue weighted by molar-refractivity contribution is 5.90. The first-order valence-electron chi connectivity index (χ1n) is 6.74. The second kappa shape index (κ2) is 6.73. The van der Waals surface area contributed by atoms with E-state index in [1.807, 2.05) is 0 Å². The van der Waals surface area contributed by atoms with Crippen molar-refractivity contribution in [1.29, 1.82) is 0 Å². The van der Waals surface area contributed by atoms with Gasteiger partial charge in [-0.2, -0.15) is 13.2 Å². The van der Waals surface area contributed by atoms with Crippen LogP contribution in [-0.4, -0.2) is 43.9 Å². The summed E-state index contributed by atoms with van der Waals surface area (Å²) in [4.78, 5) is 12.8. The Morgan fingerprint density at radius 2 is 2.00 bits per heavy atom. The average Bonchev–Trinajstić information content (AvgIpc) is 3.01. The maximum absolute atomic E-state index is 12.5. The number of alkyl halides is 3. The molecule has 0 aliphatic heterocycles. The Balaban J connectivity index is 2.14. The number of tetrazole rings is 1. The van der Waals surface area contributed by atoms with Gasteiger partial charge in [0, 0.05) is 0 Å². The first kappa shape index (κ1) is 16.9. The number of aromatic nitrogens is 4. The number of carbonyl (C=O) groups is 1. The molecule has 0 unspecified atom stereocenters. The highest BCUT2D eigenvalue weighted by atomic mass is 19.4. The van der Waals surface area contributed by atoms with Crippen LogP contribution in [0.4, 0.5) is 13.2 Å². The third kappa shape index (κ3) is 4.03. The highest BCUT2D eigenvalue weighted by Gasteiger charge is 2.30. The van der Waals surface area contributed by atoms with Crippen molar-refractivity contribution in [3.05, 3.63) is 35.7 Å². The second-order valence-corrected chi connectivity index (χ2v) is 4.71. The lowest BCUT2D eigenvalue weighted by Gasteiger charge is -2.11. The lowest BCUT2D eigenvalue weighted by Crippen LogP contribution is -2.37. The standard InChI is InChI=1S/C13H14F3N5O2/c1-2-9(7-22)17-12(23)11-18-20-21(19-11)10-5-3-8(4-6-10)13(14,15)16/h3-6,9,22H,2,7H2,1H3,(H,17,23)/t9-/m0/s1. The van der Waals surface area contributed by atoms with Gasteiger partial charge in [-0.05, 0) is 35.9 Å². The summed E-state index contributed by atoms with van der Waals surface area (Å²) >= 11 is 0. The van der Waals surface area contributed by atoms with Gasteiger partial charge in [-0.25, -0.2) is 0 Å². The van der Waals surface area contributed by atoms with Gasteiger partial charge in [0.1, 0.15) is 0 Å². The van der Waals surface area contributed by atoms with Gasteiger partial charge in [-0.1, -0.05) is 6.92 Å². The van der Waals surface area contributed by atoms with Crippen molar-refractivity contribution in [2.45, 2.75) is 25.6 Å². The summed E-state index contributed by atoms with van der Waals surface area (Å²) in [5.41, 5.74) is -0.563. The maximum atomic E-state index is 12.5. The Morgan fingerprint density at radius 3 is 2.52 bits per heavy atom. The minimum atomic E-state index is -4.43. The summed E-state index contributed by atoms with van der Waals surface area (Å²) in [6, 6.07) is 3.69. The van der Waals surface area contributed by atoms with E-state index in [0.717, 1.165) is 16.9 Å². The molecule has 0 aliphatic rings. The van der Waals surface area contributed by atoms with E-state index in [9.17, 15) is 18.0 Å². The van der Waals surface area contributed by atoms with Crippen LogP contribution in [0.3, 0.4) is 0 Å². The molecule has 2 rings (SSSR count). The van der Waals surface area contributed by atoms with E-state index in [2.05, 4.69) is 20.7 Å². The highest BCUT2D eigenvalue weighted by Crippen LogP contribution is 2.29. The van der Waals surface area contributed by atoms with Crippen LogP contribution in [0.5, 0.6) is 0 Å². The summed E-state index contributed by atoms with van der Waals surface area (Å²) in [7, 11) is 0. The molecule has 0 fully saturated rings. The van der Waals surface area contributed by atoms with Crippen molar-refractivity contribution >= 4 is 5.91 Å². The number of aliphatic hydroxyl groups excluding tert-OH is 1. The van der Waals surface area contributed by atoms with Crippen LogP contribution in [0.15, 0.2) is 24.3 Å². The molecule has 1 heterocycles. The molecule has 1 aromatic heterocycles. The zero-order valence-corrected chi connectivity index (χ0v) is 12.1. The van der Waals surface area contributed by atoms with Crippen LogP contribution in [0.25, 0.3) is 5.69 Å². The van der Waals surface area contributed by atoms with Gasteiger partial charge in [0.25, 0.3) is 11.7 Å². The van der Waals surface area contributed by atoms with Crippen LogP contribution in [-0.2, 0) is 6.18 Å². The summed E-state index contributed by atoms with van der Waals surface area (Å²) in [6.07, 6.45) is -3.91. The minimum absolute atomic E-state index is 0.227. The molecule has 0 saturated carbocycles. The van der Waals surface area contributed by atoms with Gasteiger partial charge in [-0.15, -0.1) is 15.0 Å². The fourth-order valence-corrected chi connectivity index (χ4v) is 1.73.